The number of hydrogen-bond donors (Lipinski definition) is 1. The summed E-state index contributed by atoms with van der Waals surface area (Å²) < 4.78 is 14.6. The van der Waals surface area contributed by atoms with Crippen LogP contribution in [0.15, 0.2) is 22.0 Å². The zero-order valence-corrected chi connectivity index (χ0v) is 14.0. The van der Waals surface area contributed by atoms with Crippen LogP contribution in [-0.2, 0) is 0 Å². The molecule has 0 bridgehead atoms. The fourth-order valence-electron chi connectivity index (χ4n) is 1.98. The van der Waals surface area contributed by atoms with Crippen molar-refractivity contribution in [3.05, 3.63) is 54.4 Å². The highest BCUT2D eigenvalue weighted by molar-refractivity contribution is 9.11. The first-order valence-corrected chi connectivity index (χ1v) is 7.81. The van der Waals surface area contributed by atoms with E-state index in [0.29, 0.717) is 10.6 Å². The maximum atomic E-state index is 13.5. The second-order valence-electron chi connectivity index (χ2n) is 4.45. The molecule has 0 radical (unpaired) electrons. The van der Waals surface area contributed by atoms with Gasteiger partial charge in [-0.2, -0.15) is 0 Å². The third kappa shape index (κ3) is 3.02. The summed E-state index contributed by atoms with van der Waals surface area (Å²) >= 11 is 11.4. The van der Waals surface area contributed by atoms with Gasteiger partial charge >= 0.3 is 0 Å². The van der Waals surface area contributed by atoms with E-state index in [4.69, 9.17) is 11.6 Å². The smallest absolute Gasteiger partial charge is 0.127 e. The summed E-state index contributed by atoms with van der Waals surface area (Å²) in [6.45, 7) is 3.80. The molecule has 19 heavy (non-hydrogen) atoms. The molecule has 5 heteroatoms. The van der Waals surface area contributed by atoms with Crippen LogP contribution < -0.4 is 5.32 Å². The number of hydrogen-bond acceptors (Lipinski definition) is 2. The first-order valence-electron chi connectivity index (χ1n) is 5.82. The highest BCUT2D eigenvalue weighted by atomic mass is 79.9. The van der Waals surface area contributed by atoms with Crippen molar-refractivity contribution in [2.75, 3.05) is 7.05 Å². The van der Waals surface area contributed by atoms with E-state index in [9.17, 15) is 4.39 Å². The van der Waals surface area contributed by atoms with Gasteiger partial charge in [-0.25, -0.2) is 4.39 Å². The van der Waals surface area contributed by atoms with Crippen molar-refractivity contribution in [1.82, 2.24) is 5.32 Å². The van der Waals surface area contributed by atoms with E-state index < -0.39 is 0 Å². The lowest BCUT2D eigenvalue weighted by Gasteiger charge is -2.17. The van der Waals surface area contributed by atoms with Gasteiger partial charge < -0.3 is 5.32 Å². The topological polar surface area (TPSA) is 12.0 Å². The fourth-order valence-corrected chi connectivity index (χ4v) is 3.94. The summed E-state index contributed by atoms with van der Waals surface area (Å²) in [5, 5.41) is 3.69. The minimum atomic E-state index is -0.271. The predicted octanol–water partition coefficient (Wildman–Crippen LogP) is 5.23. The zero-order valence-electron chi connectivity index (χ0n) is 10.9. The van der Waals surface area contributed by atoms with Gasteiger partial charge in [0.25, 0.3) is 0 Å². The highest BCUT2D eigenvalue weighted by Crippen LogP contribution is 2.37. The minimum absolute atomic E-state index is 0.0261. The molecule has 1 unspecified atom stereocenters. The summed E-state index contributed by atoms with van der Waals surface area (Å²) in [4.78, 5) is 1.15. The summed E-state index contributed by atoms with van der Waals surface area (Å²) in [5.41, 5.74) is 2.69. The standard InChI is InChI=1S/C14H14BrClFNS/c1-7-4-9(10(16)6-11(7)17)13(18-3)12-5-8(2)14(15)19-12/h4-6,13,18H,1-3H3. The molecule has 0 fully saturated rings. The Morgan fingerprint density at radius 3 is 2.47 bits per heavy atom. The SMILES string of the molecule is CNC(c1cc(C)c(Br)s1)c1cc(C)c(F)cc1Cl. The average molecular weight is 363 g/mol. The van der Waals surface area contributed by atoms with Crippen molar-refractivity contribution in [2.24, 2.45) is 0 Å². The van der Waals surface area contributed by atoms with Crippen LogP contribution in [0.1, 0.15) is 27.6 Å². The van der Waals surface area contributed by atoms with Crippen molar-refractivity contribution in [3.63, 3.8) is 0 Å². The Kier molecular flexibility index (Phi) is 4.66. The summed E-state index contributed by atoms with van der Waals surface area (Å²) in [6, 6.07) is 5.28. The Morgan fingerprint density at radius 2 is 1.95 bits per heavy atom. The van der Waals surface area contributed by atoms with Gasteiger partial charge in [0, 0.05) is 9.90 Å². The van der Waals surface area contributed by atoms with Gasteiger partial charge in [0.2, 0.25) is 0 Å². The maximum absolute atomic E-state index is 13.5. The molecule has 2 aromatic rings. The number of nitrogens with one attached hydrogen (secondary N) is 1. The number of rotatable bonds is 3. The Hall–Kier alpha value is -0.420. The lowest BCUT2D eigenvalue weighted by atomic mass is 10.0. The van der Waals surface area contributed by atoms with Crippen LogP contribution >= 0.6 is 38.9 Å². The molecule has 1 atom stereocenters. The molecule has 0 aliphatic carbocycles. The number of thiophene rings is 1. The molecular weight excluding hydrogens is 349 g/mol. The van der Waals surface area contributed by atoms with E-state index in [1.807, 2.05) is 20.0 Å². The van der Waals surface area contributed by atoms with Gasteiger partial charge in [-0.15, -0.1) is 11.3 Å². The molecule has 102 valence electrons. The Labute approximate surface area is 129 Å². The monoisotopic (exact) mass is 361 g/mol. The van der Waals surface area contributed by atoms with E-state index in [1.165, 1.54) is 11.6 Å². The van der Waals surface area contributed by atoms with Crippen molar-refractivity contribution in [3.8, 4) is 0 Å². The number of benzene rings is 1. The predicted molar refractivity (Wildman–Crippen MR) is 83.8 cm³/mol. The lowest BCUT2D eigenvalue weighted by Crippen LogP contribution is -2.17. The molecule has 0 spiro atoms. The molecule has 1 N–H and O–H groups in total. The minimum Gasteiger partial charge on any atom is -0.309 e. The molecular formula is C14H14BrClFNS. The molecule has 0 amide bonds. The Bertz CT molecular complexity index is 592. The van der Waals surface area contributed by atoms with Crippen LogP contribution in [0.2, 0.25) is 5.02 Å². The number of halogens is 3. The van der Waals surface area contributed by atoms with Gasteiger partial charge in [-0.1, -0.05) is 11.6 Å². The molecule has 0 saturated heterocycles. The van der Waals surface area contributed by atoms with Crippen LogP contribution in [-0.4, -0.2) is 7.05 Å². The molecule has 0 aliphatic heterocycles. The largest absolute Gasteiger partial charge is 0.309 e. The molecule has 0 saturated carbocycles. The normalized spacial score (nSPS) is 12.7. The van der Waals surface area contributed by atoms with E-state index in [2.05, 4.69) is 27.3 Å². The maximum Gasteiger partial charge on any atom is 0.127 e. The molecule has 1 aromatic heterocycles. The molecule has 1 heterocycles. The van der Waals surface area contributed by atoms with Crippen LogP contribution in [0.3, 0.4) is 0 Å². The Balaban J connectivity index is 2.50. The summed E-state index contributed by atoms with van der Waals surface area (Å²) in [7, 11) is 1.88. The van der Waals surface area contributed by atoms with Crippen molar-refractivity contribution in [2.45, 2.75) is 19.9 Å². The van der Waals surface area contributed by atoms with E-state index in [0.717, 1.165) is 14.2 Å². The number of aryl methyl sites for hydroxylation is 2. The quantitative estimate of drug-likeness (QED) is 0.788. The van der Waals surface area contributed by atoms with Gasteiger partial charge in [0.05, 0.1) is 9.83 Å². The molecule has 1 aromatic carbocycles. The summed E-state index contributed by atoms with van der Waals surface area (Å²) in [5.74, 6) is -0.271. The van der Waals surface area contributed by atoms with E-state index in [1.54, 1.807) is 18.3 Å². The lowest BCUT2D eigenvalue weighted by molar-refractivity contribution is 0.614. The third-order valence-electron chi connectivity index (χ3n) is 3.04. The van der Waals surface area contributed by atoms with Gasteiger partial charge in [0.1, 0.15) is 5.82 Å². The van der Waals surface area contributed by atoms with Crippen molar-refractivity contribution >= 4 is 38.9 Å². The van der Waals surface area contributed by atoms with Crippen LogP contribution in [0.5, 0.6) is 0 Å². The first-order chi connectivity index (χ1) is 8.93. The van der Waals surface area contributed by atoms with Gasteiger partial charge in [0.15, 0.2) is 0 Å². The third-order valence-corrected chi connectivity index (χ3v) is 5.57. The van der Waals surface area contributed by atoms with Crippen molar-refractivity contribution < 1.29 is 4.39 Å². The second kappa shape index (κ2) is 5.92. The zero-order chi connectivity index (χ0) is 14.2. The van der Waals surface area contributed by atoms with Crippen LogP contribution in [0.25, 0.3) is 0 Å². The average Bonchev–Trinajstić information content (AvgIpc) is 2.67. The second-order valence-corrected chi connectivity index (χ2v) is 7.26. The first kappa shape index (κ1) is 15.0. The summed E-state index contributed by atoms with van der Waals surface area (Å²) in [6.07, 6.45) is 0. The van der Waals surface area contributed by atoms with Gasteiger partial charge in [-0.05, 0) is 71.7 Å². The van der Waals surface area contributed by atoms with Crippen LogP contribution in [0, 0.1) is 19.7 Å². The molecule has 0 aliphatic rings. The molecule has 1 nitrogen and oxygen atoms in total. The fraction of sp³-hybridized carbons (Fsp3) is 0.286. The highest BCUT2D eigenvalue weighted by Gasteiger charge is 2.19. The van der Waals surface area contributed by atoms with Crippen LogP contribution in [0.4, 0.5) is 4.39 Å². The van der Waals surface area contributed by atoms with Crippen molar-refractivity contribution in [1.29, 1.82) is 0 Å². The van der Waals surface area contributed by atoms with Gasteiger partial charge in [-0.3, -0.25) is 0 Å². The van der Waals surface area contributed by atoms with E-state index in [-0.39, 0.29) is 11.9 Å². The van der Waals surface area contributed by atoms with E-state index >= 15 is 0 Å². The Morgan fingerprint density at radius 1 is 1.26 bits per heavy atom. The molecule has 2 rings (SSSR count).